The highest BCUT2D eigenvalue weighted by Crippen LogP contribution is 2.22. The third kappa shape index (κ3) is 3.06. The van der Waals surface area contributed by atoms with E-state index in [0.29, 0.717) is 6.42 Å². The average molecular weight is 268 g/mol. The average Bonchev–Trinajstić information content (AvgIpc) is 2.36. The van der Waals surface area contributed by atoms with E-state index in [0.717, 1.165) is 6.07 Å². The summed E-state index contributed by atoms with van der Waals surface area (Å²) in [6, 6.07) is 4.43. The summed E-state index contributed by atoms with van der Waals surface area (Å²) in [4.78, 5) is 9.64. The van der Waals surface area contributed by atoms with E-state index in [1.54, 1.807) is 6.92 Å². The first kappa shape index (κ1) is 14.2. The Kier molecular flexibility index (Phi) is 4.42. The lowest BCUT2D eigenvalue weighted by Crippen LogP contribution is -2.33. The fourth-order valence-corrected chi connectivity index (χ4v) is 2.73. The standard InChI is InChI=1S/C11H12N2O4S/c1-3-9(4-2)12-18(16,17)11-8-6-5-7-10(11)13(14)15/h1,5-9,12H,4H2,2H3. The van der Waals surface area contributed by atoms with Gasteiger partial charge in [-0.15, -0.1) is 6.42 Å². The van der Waals surface area contributed by atoms with Gasteiger partial charge in [0.2, 0.25) is 10.0 Å². The number of hydrogen-bond donors (Lipinski definition) is 1. The van der Waals surface area contributed by atoms with Crippen LogP contribution in [0.1, 0.15) is 13.3 Å². The summed E-state index contributed by atoms with van der Waals surface area (Å²) in [6.45, 7) is 1.71. The third-order valence-corrected chi connectivity index (χ3v) is 3.78. The van der Waals surface area contributed by atoms with Crippen molar-refractivity contribution in [2.75, 3.05) is 0 Å². The van der Waals surface area contributed by atoms with E-state index in [1.807, 2.05) is 0 Å². The molecule has 0 saturated heterocycles. The molecule has 18 heavy (non-hydrogen) atoms. The van der Waals surface area contributed by atoms with Gasteiger partial charge in [0, 0.05) is 6.07 Å². The molecule has 0 aromatic heterocycles. The van der Waals surface area contributed by atoms with Gasteiger partial charge in [-0.2, -0.15) is 4.72 Å². The zero-order valence-electron chi connectivity index (χ0n) is 9.66. The SMILES string of the molecule is C#CC(CC)NS(=O)(=O)c1ccccc1[N+](=O)[O-]. The zero-order chi connectivity index (χ0) is 13.8. The number of nitrogens with one attached hydrogen (secondary N) is 1. The maximum absolute atomic E-state index is 12.0. The Labute approximate surface area is 105 Å². The normalized spacial score (nSPS) is 12.7. The second kappa shape index (κ2) is 5.62. The van der Waals surface area contributed by atoms with Crippen molar-refractivity contribution in [3.8, 4) is 12.3 Å². The Morgan fingerprint density at radius 2 is 2.11 bits per heavy atom. The lowest BCUT2D eigenvalue weighted by atomic mass is 10.3. The molecule has 0 fully saturated rings. The minimum absolute atomic E-state index is 0.385. The van der Waals surface area contributed by atoms with E-state index in [-0.39, 0.29) is 4.90 Å². The van der Waals surface area contributed by atoms with Crippen LogP contribution < -0.4 is 4.72 Å². The fourth-order valence-electron chi connectivity index (χ4n) is 1.32. The van der Waals surface area contributed by atoms with Gasteiger partial charge in [-0.25, -0.2) is 8.42 Å². The Morgan fingerprint density at radius 1 is 1.50 bits per heavy atom. The molecule has 1 aromatic carbocycles. The van der Waals surface area contributed by atoms with Gasteiger partial charge in [-0.05, 0) is 12.5 Å². The van der Waals surface area contributed by atoms with E-state index in [1.165, 1.54) is 18.2 Å². The molecule has 1 rings (SSSR count). The fraction of sp³-hybridized carbons (Fsp3) is 0.273. The van der Waals surface area contributed by atoms with Crippen molar-refractivity contribution >= 4 is 15.7 Å². The van der Waals surface area contributed by atoms with Gasteiger partial charge in [-0.3, -0.25) is 10.1 Å². The van der Waals surface area contributed by atoms with Crippen LogP contribution in [0.25, 0.3) is 0 Å². The van der Waals surface area contributed by atoms with Crippen LogP contribution in [0.4, 0.5) is 5.69 Å². The van der Waals surface area contributed by atoms with Crippen LogP contribution in [0.3, 0.4) is 0 Å². The van der Waals surface area contributed by atoms with Crippen molar-refractivity contribution in [2.24, 2.45) is 0 Å². The Morgan fingerprint density at radius 3 is 2.61 bits per heavy atom. The number of rotatable bonds is 5. The number of nitro benzene ring substituents is 1. The lowest BCUT2D eigenvalue weighted by Gasteiger charge is -2.11. The van der Waals surface area contributed by atoms with Crippen molar-refractivity contribution in [2.45, 2.75) is 24.3 Å². The van der Waals surface area contributed by atoms with Crippen molar-refractivity contribution in [3.63, 3.8) is 0 Å². The number of sulfonamides is 1. The molecule has 0 aliphatic rings. The molecule has 1 aromatic rings. The first-order valence-corrected chi connectivity index (χ1v) is 6.62. The molecule has 0 heterocycles. The van der Waals surface area contributed by atoms with E-state index < -0.39 is 26.7 Å². The van der Waals surface area contributed by atoms with Crippen LogP contribution in [0.5, 0.6) is 0 Å². The molecule has 0 aliphatic carbocycles. The highest BCUT2D eigenvalue weighted by atomic mass is 32.2. The van der Waals surface area contributed by atoms with Crippen molar-refractivity contribution in [3.05, 3.63) is 34.4 Å². The molecule has 1 atom stereocenters. The van der Waals surface area contributed by atoms with Gasteiger partial charge >= 0.3 is 0 Å². The third-order valence-electron chi connectivity index (χ3n) is 2.26. The molecule has 0 saturated carbocycles. The predicted octanol–water partition coefficient (Wildman–Crippen LogP) is 1.28. The molecule has 1 N–H and O–H groups in total. The lowest BCUT2D eigenvalue weighted by molar-refractivity contribution is -0.387. The first-order chi connectivity index (χ1) is 8.42. The number of para-hydroxylation sites is 1. The van der Waals surface area contributed by atoms with Gasteiger partial charge in [0.25, 0.3) is 5.69 Å². The van der Waals surface area contributed by atoms with Gasteiger partial charge in [-0.1, -0.05) is 25.0 Å². The topological polar surface area (TPSA) is 89.3 Å². The summed E-state index contributed by atoms with van der Waals surface area (Å²) < 4.78 is 26.2. The smallest absolute Gasteiger partial charge is 0.258 e. The van der Waals surface area contributed by atoms with E-state index in [4.69, 9.17) is 6.42 Å². The Bertz CT molecular complexity index is 589. The second-order valence-electron chi connectivity index (χ2n) is 3.47. The quantitative estimate of drug-likeness (QED) is 0.495. The maximum Gasteiger partial charge on any atom is 0.289 e. The summed E-state index contributed by atoms with van der Waals surface area (Å²) in [5, 5.41) is 10.8. The summed E-state index contributed by atoms with van der Waals surface area (Å²) in [5.41, 5.74) is -0.475. The molecule has 0 bridgehead atoms. The maximum atomic E-state index is 12.0. The Hall–Kier alpha value is -1.91. The molecule has 0 spiro atoms. The largest absolute Gasteiger partial charge is 0.289 e. The summed E-state index contributed by atoms with van der Waals surface area (Å²) >= 11 is 0. The van der Waals surface area contributed by atoms with Crippen molar-refractivity contribution in [1.29, 1.82) is 0 Å². The number of benzene rings is 1. The van der Waals surface area contributed by atoms with Crippen LogP contribution >= 0.6 is 0 Å². The number of nitro groups is 1. The monoisotopic (exact) mass is 268 g/mol. The highest BCUT2D eigenvalue weighted by Gasteiger charge is 2.26. The highest BCUT2D eigenvalue weighted by molar-refractivity contribution is 7.89. The van der Waals surface area contributed by atoms with Gasteiger partial charge < -0.3 is 0 Å². The number of terminal acetylenes is 1. The molecular weight excluding hydrogens is 256 g/mol. The van der Waals surface area contributed by atoms with Crippen LogP contribution in [-0.4, -0.2) is 19.4 Å². The first-order valence-electron chi connectivity index (χ1n) is 5.14. The van der Waals surface area contributed by atoms with Crippen molar-refractivity contribution in [1.82, 2.24) is 4.72 Å². The van der Waals surface area contributed by atoms with Gasteiger partial charge in [0.05, 0.1) is 11.0 Å². The van der Waals surface area contributed by atoms with E-state index >= 15 is 0 Å². The summed E-state index contributed by atoms with van der Waals surface area (Å²) in [7, 11) is -3.99. The molecule has 0 radical (unpaired) electrons. The van der Waals surface area contributed by atoms with Crippen LogP contribution in [0.15, 0.2) is 29.2 Å². The molecule has 0 aliphatic heterocycles. The second-order valence-corrected chi connectivity index (χ2v) is 5.16. The number of hydrogen-bond acceptors (Lipinski definition) is 4. The van der Waals surface area contributed by atoms with E-state index in [9.17, 15) is 18.5 Å². The van der Waals surface area contributed by atoms with Gasteiger partial charge in [0.15, 0.2) is 4.90 Å². The summed E-state index contributed by atoms with van der Waals surface area (Å²) in [5.74, 6) is 2.27. The molecule has 0 amide bonds. The van der Waals surface area contributed by atoms with Gasteiger partial charge in [0.1, 0.15) is 0 Å². The molecule has 96 valence electrons. The van der Waals surface area contributed by atoms with Crippen LogP contribution in [-0.2, 0) is 10.0 Å². The molecule has 1 unspecified atom stereocenters. The number of nitrogens with zero attached hydrogens (tertiary/aromatic N) is 1. The predicted molar refractivity (Wildman–Crippen MR) is 66.3 cm³/mol. The minimum Gasteiger partial charge on any atom is -0.258 e. The van der Waals surface area contributed by atoms with E-state index in [2.05, 4.69) is 10.6 Å². The minimum atomic E-state index is -3.99. The molecular formula is C11H12N2O4S. The Balaban J connectivity index is 3.22. The zero-order valence-corrected chi connectivity index (χ0v) is 10.5. The van der Waals surface area contributed by atoms with Crippen molar-refractivity contribution < 1.29 is 13.3 Å². The summed E-state index contributed by atoms with van der Waals surface area (Å²) in [6.07, 6.45) is 5.55. The molecule has 7 heteroatoms. The van der Waals surface area contributed by atoms with Crippen LogP contribution in [0.2, 0.25) is 0 Å². The molecule has 6 nitrogen and oxygen atoms in total. The van der Waals surface area contributed by atoms with Crippen LogP contribution in [0, 0.1) is 22.5 Å².